The van der Waals surface area contributed by atoms with Crippen LogP contribution >= 0.6 is 0 Å². The third-order valence-electron chi connectivity index (χ3n) is 5.46. The van der Waals surface area contributed by atoms with Gasteiger partial charge in [0.05, 0.1) is 0 Å². The summed E-state index contributed by atoms with van der Waals surface area (Å²) in [5.74, 6) is 0.785. The van der Waals surface area contributed by atoms with E-state index in [0.717, 1.165) is 34.1 Å². The molecule has 0 amide bonds. The van der Waals surface area contributed by atoms with Gasteiger partial charge in [-0.3, -0.25) is 4.98 Å². The highest BCUT2D eigenvalue weighted by atomic mass is 32.2. The number of sulfonamides is 1. The molecule has 0 aliphatic heterocycles. The number of fused-ring (bicyclic) bond motifs is 1. The SMILES string of the molecule is Cc1noc(C)c1S(=O)(=O)NCCc1cn(CC(C)C)c2cc(-c3ccncc3)ccc12. The van der Waals surface area contributed by atoms with Crippen LogP contribution in [0.25, 0.3) is 22.0 Å². The molecule has 168 valence electrons. The Morgan fingerprint density at radius 3 is 2.50 bits per heavy atom. The molecule has 7 nitrogen and oxygen atoms in total. The number of hydrogen-bond donors (Lipinski definition) is 1. The van der Waals surface area contributed by atoms with Crippen molar-refractivity contribution >= 4 is 20.9 Å². The first-order valence-corrected chi connectivity index (χ1v) is 12.2. The topological polar surface area (TPSA) is 90.0 Å². The van der Waals surface area contributed by atoms with E-state index in [1.54, 1.807) is 26.2 Å². The van der Waals surface area contributed by atoms with Gasteiger partial charge in [-0.05, 0) is 61.1 Å². The molecule has 0 spiro atoms. The number of nitrogens with zero attached hydrogens (tertiary/aromatic N) is 3. The monoisotopic (exact) mass is 452 g/mol. The van der Waals surface area contributed by atoms with Gasteiger partial charge in [0.1, 0.15) is 10.6 Å². The van der Waals surface area contributed by atoms with Crippen LogP contribution in [-0.4, -0.2) is 29.7 Å². The highest BCUT2D eigenvalue weighted by Crippen LogP contribution is 2.29. The normalized spacial score (nSPS) is 12.2. The molecule has 0 saturated carbocycles. The van der Waals surface area contributed by atoms with Gasteiger partial charge in [0.15, 0.2) is 5.76 Å². The average molecular weight is 453 g/mol. The quantitative estimate of drug-likeness (QED) is 0.426. The highest BCUT2D eigenvalue weighted by molar-refractivity contribution is 7.89. The molecule has 0 fully saturated rings. The molecule has 4 aromatic rings. The molecule has 32 heavy (non-hydrogen) atoms. The molecule has 0 radical (unpaired) electrons. The van der Waals surface area contributed by atoms with Crippen LogP contribution in [0.5, 0.6) is 0 Å². The second-order valence-electron chi connectivity index (χ2n) is 8.47. The van der Waals surface area contributed by atoms with E-state index in [4.69, 9.17) is 4.52 Å². The van der Waals surface area contributed by atoms with E-state index in [2.05, 4.69) is 57.7 Å². The molecule has 0 atom stereocenters. The smallest absolute Gasteiger partial charge is 0.245 e. The number of aromatic nitrogens is 3. The van der Waals surface area contributed by atoms with Crippen molar-refractivity contribution in [1.29, 1.82) is 0 Å². The first-order valence-electron chi connectivity index (χ1n) is 10.7. The van der Waals surface area contributed by atoms with Crippen LogP contribution in [0.15, 0.2) is 58.3 Å². The summed E-state index contributed by atoms with van der Waals surface area (Å²) in [7, 11) is -3.68. The van der Waals surface area contributed by atoms with Gasteiger partial charge in [-0.2, -0.15) is 0 Å². The summed E-state index contributed by atoms with van der Waals surface area (Å²) in [6, 6.07) is 10.4. The molecule has 8 heteroatoms. The number of benzene rings is 1. The number of nitrogens with one attached hydrogen (secondary N) is 1. The fourth-order valence-corrected chi connectivity index (χ4v) is 5.44. The van der Waals surface area contributed by atoms with E-state index in [1.165, 1.54) is 0 Å². The Kier molecular flexibility index (Phi) is 6.17. The standard InChI is InChI=1S/C24H28N4O3S/c1-16(2)14-28-15-21(9-12-26-32(29,30)24-17(3)27-31-18(24)4)22-6-5-20(13-23(22)28)19-7-10-25-11-8-19/h5-8,10-11,13,15-16,26H,9,12,14H2,1-4H3. The van der Waals surface area contributed by atoms with Crippen LogP contribution in [0.2, 0.25) is 0 Å². The number of rotatable bonds is 8. The van der Waals surface area contributed by atoms with Gasteiger partial charge in [-0.1, -0.05) is 31.1 Å². The molecule has 0 saturated heterocycles. The number of hydrogen-bond acceptors (Lipinski definition) is 5. The number of pyridine rings is 1. The molecule has 0 aliphatic carbocycles. The minimum absolute atomic E-state index is 0.127. The molecular weight excluding hydrogens is 424 g/mol. The van der Waals surface area contributed by atoms with E-state index in [0.29, 0.717) is 30.3 Å². The lowest BCUT2D eigenvalue weighted by Crippen LogP contribution is -2.26. The zero-order valence-corrected chi connectivity index (χ0v) is 19.6. The average Bonchev–Trinajstić information content (AvgIpc) is 3.27. The van der Waals surface area contributed by atoms with Gasteiger partial charge in [-0.15, -0.1) is 0 Å². The van der Waals surface area contributed by atoms with Crippen molar-refractivity contribution in [2.75, 3.05) is 6.54 Å². The molecule has 3 aromatic heterocycles. The lowest BCUT2D eigenvalue weighted by atomic mass is 10.0. The second-order valence-corrected chi connectivity index (χ2v) is 10.2. The van der Waals surface area contributed by atoms with Crippen LogP contribution in [-0.2, 0) is 23.0 Å². The first-order chi connectivity index (χ1) is 15.3. The van der Waals surface area contributed by atoms with Crippen LogP contribution in [0, 0.1) is 19.8 Å². The highest BCUT2D eigenvalue weighted by Gasteiger charge is 2.23. The summed E-state index contributed by atoms with van der Waals surface area (Å²) in [6.07, 6.45) is 6.32. The summed E-state index contributed by atoms with van der Waals surface area (Å²) in [4.78, 5) is 4.23. The molecule has 1 aromatic carbocycles. The lowest BCUT2D eigenvalue weighted by Gasteiger charge is -2.09. The zero-order valence-electron chi connectivity index (χ0n) is 18.8. The van der Waals surface area contributed by atoms with Crippen LogP contribution in [0.4, 0.5) is 0 Å². The minimum Gasteiger partial charge on any atom is -0.360 e. The van der Waals surface area contributed by atoms with Crippen LogP contribution in [0.1, 0.15) is 30.9 Å². The third kappa shape index (κ3) is 4.47. The molecule has 0 aliphatic rings. The van der Waals surface area contributed by atoms with Crippen molar-refractivity contribution in [2.45, 2.75) is 45.6 Å². The third-order valence-corrected chi connectivity index (χ3v) is 7.17. The lowest BCUT2D eigenvalue weighted by molar-refractivity contribution is 0.390. The van der Waals surface area contributed by atoms with Crippen molar-refractivity contribution in [3.63, 3.8) is 0 Å². The fourth-order valence-electron chi connectivity index (χ4n) is 4.09. The van der Waals surface area contributed by atoms with Crippen molar-refractivity contribution < 1.29 is 12.9 Å². The van der Waals surface area contributed by atoms with Crippen molar-refractivity contribution in [3.8, 4) is 11.1 Å². The molecule has 0 bridgehead atoms. The summed E-state index contributed by atoms with van der Waals surface area (Å²) in [5.41, 5.74) is 4.88. The maximum Gasteiger partial charge on any atom is 0.245 e. The summed E-state index contributed by atoms with van der Waals surface area (Å²) < 4.78 is 35.4. The molecule has 1 N–H and O–H groups in total. The summed E-state index contributed by atoms with van der Waals surface area (Å²) in [6.45, 7) is 8.80. The van der Waals surface area contributed by atoms with Gasteiger partial charge < -0.3 is 9.09 Å². The van der Waals surface area contributed by atoms with Gasteiger partial charge in [0.25, 0.3) is 0 Å². The van der Waals surface area contributed by atoms with Crippen molar-refractivity contribution in [3.05, 3.63) is 65.9 Å². The van der Waals surface area contributed by atoms with E-state index < -0.39 is 10.0 Å². The van der Waals surface area contributed by atoms with E-state index >= 15 is 0 Å². The largest absolute Gasteiger partial charge is 0.360 e. The number of aryl methyl sites for hydroxylation is 2. The molecule has 4 rings (SSSR count). The molecule has 3 heterocycles. The minimum atomic E-state index is -3.68. The van der Waals surface area contributed by atoms with Crippen LogP contribution < -0.4 is 4.72 Å². The Morgan fingerprint density at radius 2 is 1.84 bits per heavy atom. The van der Waals surface area contributed by atoms with E-state index in [9.17, 15) is 8.42 Å². The maximum absolute atomic E-state index is 12.7. The Labute approximate surface area is 188 Å². The van der Waals surface area contributed by atoms with Crippen molar-refractivity contribution in [1.82, 2.24) is 19.4 Å². The second kappa shape index (κ2) is 8.88. The van der Waals surface area contributed by atoms with Gasteiger partial charge in [0.2, 0.25) is 10.0 Å². The Bertz CT molecular complexity index is 1320. The van der Waals surface area contributed by atoms with Crippen molar-refractivity contribution in [2.24, 2.45) is 5.92 Å². The Morgan fingerprint density at radius 1 is 1.09 bits per heavy atom. The predicted molar refractivity (Wildman–Crippen MR) is 125 cm³/mol. The van der Waals surface area contributed by atoms with E-state index in [-0.39, 0.29) is 4.90 Å². The Balaban J connectivity index is 1.61. The summed E-state index contributed by atoms with van der Waals surface area (Å²) >= 11 is 0. The maximum atomic E-state index is 12.7. The van der Waals surface area contributed by atoms with Crippen LogP contribution in [0.3, 0.4) is 0 Å². The zero-order chi connectivity index (χ0) is 22.9. The Hall–Kier alpha value is -2.97. The first kappa shape index (κ1) is 22.2. The fraction of sp³-hybridized carbons (Fsp3) is 0.333. The predicted octanol–water partition coefficient (Wildman–Crippen LogP) is 4.49. The summed E-state index contributed by atoms with van der Waals surface area (Å²) in [5, 5.41) is 4.89. The van der Waals surface area contributed by atoms with Gasteiger partial charge in [-0.25, -0.2) is 13.1 Å². The van der Waals surface area contributed by atoms with E-state index in [1.807, 2.05) is 12.1 Å². The molecular formula is C24H28N4O3S. The van der Waals surface area contributed by atoms with Gasteiger partial charge >= 0.3 is 0 Å². The molecule has 0 unspecified atom stereocenters. The van der Waals surface area contributed by atoms with Gasteiger partial charge in [0, 0.05) is 42.6 Å².